The van der Waals surface area contributed by atoms with Gasteiger partial charge in [-0.05, 0) is 43.5 Å². The van der Waals surface area contributed by atoms with Crippen LogP contribution in [-0.2, 0) is 16.1 Å². The fraction of sp³-hybridized carbons (Fsp3) is 0.231. The summed E-state index contributed by atoms with van der Waals surface area (Å²) in [6, 6.07) is 19.0. The Morgan fingerprint density at radius 2 is 1.88 bits per heavy atom. The molecule has 172 valence electrons. The maximum absolute atomic E-state index is 13.2. The Hall–Kier alpha value is -3.71. The van der Waals surface area contributed by atoms with Gasteiger partial charge in [-0.3, -0.25) is 4.79 Å². The minimum atomic E-state index is -0.902. The highest BCUT2D eigenvalue weighted by molar-refractivity contribution is 6.30. The zero-order chi connectivity index (χ0) is 23.7. The standard InChI is InChI=1S/C26H23ClN4O3/c1-16(25(32)29-20-11-12-20)34-26(33)21-13-23(18-5-3-2-4-6-18)30-24-22(21)14-28-31(24)15-17-7-9-19(27)10-8-17/h2-10,13-14,16,20H,11-12,15H2,1H3,(H,29,32). The summed E-state index contributed by atoms with van der Waals surface area (Å²) in [6.07, 6.45) is 2.63. The van der Waals surface area contributed by atoms with E-state index in [4.69, 9.17) is 21.3 Å². The van der Waals surface area contributed by atoms with Gasteiger partial charge in [-0.1, -0.05) is 54.1 Å². The van der Waals surface area contributed by atoms with Crippen LogP contribution in [0.3, 0.4) is 0 Å². The summed E-state index contributed by atoms with van der Waals surface area (Å²) < 4.78 is 7.28. The van der Waals surface area contributed by atoms with Crippen LogP contribution >= 0.6 is 11.6 Å². The Morgan fingerprint density at radius 1 is 1.15 bits per heavy atom. The number of hydrogen-bond acceptors (Lipinski definition) is 5. The number of aromatic nitrogens is 3. The topological polar surface area (TPSA) is 86.1 Å². The van der Waals surface area contributed by atoms with Crippen molar-refractivity contribution >= 4 is 34.5 Å². The maximum Gasteiger partial charge on any atom is 0.339 e. The average molecular weight is 475 g/mol. The number of nitrogens with one attached hydrogen (secondary N) is 1. The van der Waals surface area contributed by atoms with Crippen LogP contribution in [0.2, 0.25) is 5.02 Å². The molecule has 0 radical (unpaired) electrons. The number of pyridine rings is 1. The van der Waals surface area contributed by atoms with E-state index in [0.717, 1.165) is 24.0 Å². The summed E-state index contributed by atoms with van der Waals surface area (Å²) in [6.45, 7) is 2.04. The molecule has 2 aromatic carbocycles. The number of hydrogen-bond donors (Lipinski definition) is 1. The zero-order valence-electron chi connectivity index (χ0n) is 18.6. The van der Waals surface area contributed by atoms with E-state index in [1.807, 2.05) is 54.6 Å². The first kappa shape index (κ1) is 22.1. The molecule has 1 aliphatic rings. The maximum atomic E-state index is 13.2. The highest BCUT2D eigenvalue weighted by Gasteiger charge is 2.28. The molecule has 0 spiro atoms. The van der Waals surface area contributed by atoms with Crippen molar-refractivity contribution in [3.63, 3.8) is 0 Å². The molecule has 0 aliphatic heterocycles. The molecule has 4 aromatic rings. The molecule has 2 aromatic heterocycles. The average Bonchev–Trinajstić information content (AvgIpc) is 3.58. The molecule has 1 atom stereocenters. The van der Waals surface area contributed by atoms with Gasteiger partial charge in [-0.2, -0.15) is 5.10 Å². The van der Waals surface area contributed by atoms with Gasteiger partial charge in [0.25, 0.3) is 5.91 Å². The van der Waals surface area contributed by atoms with Gasteiger partial charge in [0, 0.05) is 16.6 Å². The number of fused-ring (bicyclic) bond motifs is 1. The number of benzene rings is 2. The van der Waals surface area contributed by atoms with Crippen molar-refractivity contribution in [2.24, 2.45) is 0 Å². The quantitative estimate of drug-likeness (QED) is 0.395. The molecule has 8 heteroatoms. The van der Waals surface area contributed by atoms with Crippen molar-refractivity contribution in [3.05, 3.63) is 83.0 Å². The fourth-order valence-corrected chi connectivity index (χ4v) is 3.80. The summed E-state index contributed by atoms with van der Waals surface area (Å²) in [4.78, 5) is 30.3. The predicted octanol–water partition coefficient (Wildman–Crippen LogP) is 4.62. The third kappa shape index (κ3) is 4.79. The number of esters is 1. The van der Waals surface area contributed by atoms with Crippen molar-refractivity contribution in [2.45, 2.75) is 38.5 Å². The molecule has 1 unspecified atom stereocenters. The number of ether oxygens (including phenoxy) is 1. The van der Waals surface area contributed by atoms with Crippen LogP contribution in [0.15, 0.2) is 66.9 Å². The largest absolute Gasteiger partial charge is 0.449 e. The minimum Gasteiger partial charge on any atom is -0.449 e. The van der Waals surface area contributed by atoms with Crippen molar-refractivity contribution in [3.8, 4) is 11.3 Å². The van der Waals surface area contributed by atoms with E-state index in [1.54, 1.807) is 23.9 Å². The van der Waals surface area contributed by atoms with Crippen molar-refractivity contribution in [1.29, 1.82) is 0 Å². The van der Waals surface area contributed by atoms with E-state index in [1.165, 1.54) is 0 Å². The molecule has 0 saturated heterocycles. The summed E-state index contributed by atoms with van der Waals surface area (Å²) in [7, 11) is 0. The molecule has 2 heterocycles. The van der Waals surface area contributed by atoms with Gasteiger partial charge in [0.05, 0.1) is 29.4 Å². The smallest absolute Gasteiger partial charge is 0.339 e. The Kier molecular flexibility index (Phi) is 6.02. The first-order valence-electron chi connectivity index (χ1n) is 11.2. The zero-order valence-corrected chi connectivity index (χ0v) is 19.3. The second kappa shape index (κ2) is 9.27. The van der Waals surface area contributed by atoms with Crippen molar-refractivity contribution < 1.29 is 14.3 Å². The van der Waals surface area contributed by atoms with E-state index in [0.29, 0.717) is 33.9 Å². The molecule has 0 bridgehead atoms. The van der Waals surface area contributed by atoms with Gasteiger partial charge < -0.3 is 10.1 Å². The van der Waals surface area contributed by atoms with Crippen LogP contribution in [0.1, 0.15) is 35.7 Å². The Morgan fingerprint density at radius 3 is 2.59 bits per heavy atom. The lowest BCUT2D eigenvalue weighted by atomic mass is 10.1. The number of halogens is 1. The molecular weight excluding hydrogens is 452 g/mol. The SMILES string of the molecule is CC(OC(=O)c1cc(-c2ccccc2)nc2c1cnn2Cc1ccc(Cl)cc1)C(=O)NC1CC1. The lowest BCUT2D eigenvalue weighted by molar-refractivity contribution is -0.129. The lowest BCUT2D eigenvalue weighted by Crippen LogP contribution is -2.37. The number of carbonyl (C=O) groups excluding carboxylic acids is 2. The number of nitrogens with zero attached hydrogens (tertiary/aromatic N) is 3. The number of amides is 1. The summed E-state index contributed by atoms with van der Waals surface area (Å²) in [5, 5.41) is 8.57. The molecule has 1 aliphatic carbocycles. The summed E-state index contributed by atoms with van der Waals surface area (Å²) in [5.41, 5.74) is 3.34. The molecule has 1 amide bonds. The molecule has 34 heavy (non-hydrogen) atoms. The number of rotatable bonds is 7. The van der Waals surface area contributed by atoms with Crippen LogP contribution in [0.5, 0.6) is 0 Å². The first-order chi connectivity index (χ1) is 16.5. The second-order valence-electron chi connectivity index (χ2n) is 8.42. The van der Waals surface area contributed by atoms with Gasteiger partial charge >= 0.3 is 5.97 Å². The molecule has 5 rings (SSSR count). The summed E-state index contributed by atoms with van der Waals surface area (Å²) in [5.74, 6) is -0.878. The highest BCUT2D eigenvalue weighted by Crippen LogP contribution is 2.26. The fourth-order valence-electron chi connectivity index (χ4n) is 3.68. The van der Waals surface area contributed by atoms with Gasteiger partial charge in [0.2, 0.25) is 0 Å². The summed E-state index contributed by atoms with van der Waals surface area (Å²) >= 11 is 6.01. The molecule has 7 nitrogen and oxygen atoms in total. The normalized spacial score (nSPS) is 14.1. The van der Waals surface area contributed by atoms with Crippen LogP contribution < -0.4 is 5.32 Å². The first-order valence-corrected chi connectivity index (χ1v) is 11.5. The van der Waals surface area contributed by atoms with Gasteiger partial charge in [0.15, 0.2) is 11.8 Å². The van der Waals surface area contributed by atoms with Crippen molar-refractivity contribution in [2.75, 3.05) is 0 Å². The van der Waals surface area contributed by atoms with E-state index < -0.39 is 12.1 Å². The number of carbonyl (C=O) groups is 2. The van der Waals surface area contributed by atoms with Crippen LogP contribution in [0.4, 0.5) is 0 Å². The molecule has 1 saturated carbocycles. The molecule has 1 fully saturated rings. The monoisotopic (exact) mass is 474 g/mol. The lowest BCUT2D eigenvalue weighted by Gasteiger charge is -2.14. The van der Waals surface area contributed by atoms with E-state index in [2.05, 4.69) is 10.4 Å². The van der Waals surface area contributed by atoms with Gasteiger partial charge in [-0.25, -0.2) is 14.5 Å². The Bertz CT molecular complexity index is 1350. The van der Waals surface area contributed by atoms with E-state index in [9.17, 15) is 9.59 Å². The van der Waals surface area contributed by atoms with E-state index in [-0.39, 0.29) is 11.9 Å². The third-order valence-corrected chi connectivity index (χ3v) is 5.97. The molecule has 1 N–H and O–H groups in total. The minimum absolute atomic E-state index is 0.192. The van der Waals surface area contributed by atoms with Crippen LogP contribution in [-0.4, -0.2) is 38.8 Å². The van der Waals surface area contributed by atoms with Crippen LogP contribution in [0.25, 0.3) is 22.3 Å². The van der Waals surface area contributed by atoms with Crippen molar-refractivity contribution in [1.82, 2.24) is 20.1 Å². The van der Waals surface area contributed by atoms with E-state index >= 15 is 0 Å². The van der Waals surface area contributed by atoms with Gasteiger partial charge in [-0.15, -0.1) is 0 Å². The Labute approximate surface area is 201 Å². The predicted molar refractivity (Wildman–Crippen MR) is 130 cm³/mol. The second-order valence-corrected chi connectivity index (χ2v) is 8.85. The highest BCUT2D eigenvalue weighted by atomic mass is 35.5. The van der Waals surface area contributed by atoms with Gasteiger partial charge in [0.1, 0.15) is 0 Å². The molecular formula is C26H23ClN4O3. The van der Waals surface area contributed by atoms with Crippen LogP contribution in [0, 0.1) is 0 Å². The third-order valence-electron chi connectivity index (χ3n) is 5.72. The Balaban J connectivity index is 1.51.